The molecule has 0 radical (unpaired) electrons. The molecule has 0 aliphatic carbocycles. The Hall–Kier alpha value is -0.870. The van der Waals surface area contributed by atoms with Crippen LogP contribution in [0.2, 0.25) is 0 Å². The molecule has 1 aliphatic rings. The minimum absolute atomic E-state index is 0.628. The fraction of sp³-hybridized carbons (Fsp3) is 0.800. The van der Waals surface area contributed by atoms with Gasteiger partial charge in [-0.3, -0.25) is 4.68 Å². The molecule has 1 N–H and O–H groups in total. The van der Waals surface area contributed by atoms with E-state index in [2.05, 4.69) is 35.2 Å². The maximum Gasteiger partial charge on any atom is 0.0637 e. The molecule has 0 saturated carbocycles. The second-order valence-electron chi connectivity index (χ2n) is 5.75. The van der Waals surface area contributed by atoms with Crippen molar-refractivity contribution in [3.05, 3.63) is 18.0 Å². The standard InChI is InChI=1S/C15H28N4/c1-4-19-11-6-14(7-12-19)13(2)16-9-5-15-8-10-18(3)17-15/h8,10,13-14,16H,4-7,9,11-12H2,1-3H3. The van der Waals surface area contributed by atoms with Gasteiger partial charge in [-0.2, -0.15) is 5.10 Å². The molecule has 1 unspecified atom stereocenters. The number of nitrogens with zero attached hydrogens (tertiary/aromatic N) is 3. The summed E-state index contributed by atoms with van der Waals surface area (Å²) in [4.78, 5) is 2.55. The monoisotopic (exact) mass is 264 g/mol. The predicted octanol–water partition coefficient (Wildman–Crippen LogP) is 1.67. The summed E-state index contributed by atoms with van der Waals surface area (Å²) in [5, 5.41) is 8.09. The molecule has 1 aromatic heterocycles. The Kier molecular flexibility index (Phi) is 5.40. The van der Waals surface area contributed by atoms with E-state index < -0.39 is 0 Å². The third-order valence-corrected chi connectivity index (χ3v) is 4.40. The van der Waals surface area contributed by atoms with Crippen molar-refractivity contribution in [2.75, 3.05) is 26.2 Å². The zero-order chi connectivity index (χ0) is 13.7. The van der Waals surface area contributed by atoms with Crippen LogP contribution in [0, 0.1) is 5.92 Å². The molecule has 0 bridgehead atoms. The molecular formula is C15H28N4. The van der Waals surface area contributed by atoms with Crippen LogP contribution >= 0.6 is 0 Å². The minimum atomic E-state index is 0.628. The fourth-order valence-corrected chi connectivity index (χ4v) is 2.96. The van der Waals surface area contributed by atoms with Gasteiger partial charge < -0.3 is 10.2 Å². The largest absolute Gasteiger partial charge is 0.314 e. The molecular weight excluding hydrogens is 236 g/mol. The van der Waals surface area contributed by atoms with Gasteiger partial charge in [0.05, 0.1) is 5.69 Å². The van der Waals surface area contributed by atoms with Crippen molar-refractivity contribution in [1.29, 1.82) is 0 Å². The average Bonchev–Trinajstić information content (AvgIpc) is 2.84. The Morgan fingerprint density at radius 3 is 2.74 bits per heavy atom. The summed E-state index contributed by atoms with van der Waals surface area (Å²) in [5.41, 5.74) is 1.18. The van der Waals surface area contributed by atoms with Gasteiger partial charge in [-0.25, -0.2) is 0 Å². The van der Waals surface area contributed by atoms with Crippen molar-refractivity contribution in [2.45, 2.75) is 39.2 Å². The van der Waals surface area contributed by atoms with Crippen molar-refractivity contribution in [1.82, 2.24) is 20.0 Å². The smallest absolute Gasteiger partial charge is 0.0637 e. The lowest BCUT2D eigenvalue weighted by Gasteiger charge is -2.34. The summed E-state index contributed by atoms with van der Waals surface area (Å²) in [6, 6.07) is 2.73. The van der Waals surface area contributed by atoms with E-state index in [4.69, 9.17) is 0 Å². The van der Waals surface area contributed by atoms with Crippen LogP contribution in [-0.4, -0.2) is 46.9 Å². The number of rotatable bonds is 6. The first-order valence-corrected chi connectivity index (χ1v) is 7.63. The van der Waals surface area contributed by atoms with E-state index >= 15 is 0 Å². The predicted molar refractivity (Wildman–Crippen MR) is 79.2 cm³/mol. The minimum Gasteiger partial charge on any atom is -0.314 e. The molecule has 4 nitrogen and oxygen atoms in total. The summed E-state index contributed by atoms with van der Waals surface area (Å²) < 4.78 is 1.87. The van der Waals surface area contributed by atoms with Crippen LogP contribution in [0.3, 0.4) is 0 Å². The first-order chi connectivity index (χ1) is 9.19. The van der Waals surface area contributed by atoms with E-state index in [1.807, 2.05) is 17.9 Å². The molecule has 1 fully saturated rings. The van der Waals surface area contributed by atoms with Crippen molar-refractivity contribution in [2.24, 2.45) is 13.0 Å². The molecule has 1 aliphatic heterocycles. The van der Waals surface area contributed by atoms with Crippen LogP contribution in [-0.2, 0) is 13.5 Å². The zero-order valence-electron chi connectivity index (χ0n) is 12.6. The van der Waals surface area contributed by atoms with Crippen molar-refractivity contribution in [3.8, 4) is 0 Å². The van der Waals surface area contributed by atoms with Gasteiger partial charge in [0, 0.05) is 32.3 Å². The molecule has 108 valence electrons. The third kappa shape index (κ3) is 4.32. The molecule has 1 atom stereocenters. The maximum atomic E-state index is 4.41. The van der Waals surface area contributed by atoms with E-state index in [0.717, 1.165) is 18.9 Å². The molecule has 2 rings (SSSR count). The van der Waals surface area contributed by atoms with Crippen molar-refractivity contribution >= 4 is 0 Å². The van der Waals surface area contributed by atoms with Crippen LogP contribution in [0.25, 0.3) is 0 Å². The Morgan fingerprint density at radius 1 is 1.42 bits per heavy atom. The number of aromatic nitrogens is 2. The summed E-state index contributed by atoms with van der Waals surface area (Å²) >= 11 is 0. The molecule has 0 spiro atoms. The van der Waals surface area contributed by atoms with Crippen LogP contribution in [0.1, 0.15) is 32.4 Å². The topological polar surface area (TPSA) is 33.1 Å². The number of likely N-dealkylation sites (tertiary alicyclic amines) is 1. The molecule has 1 aromatic rings. The summed E-state index contributed by atoms with van der Waals surface area (Å²) in [6.07, 6.45) is 5.72. The van der Waals surface area contributed by atoms with Crippen molar-refractivity contribution < 1.29 is 0 Å². The van der Waals surface area contributed by atoms with Gasteiger partial charge in [0.1, 0.15) is 0 Å². The van der Waals surface area contributed by atoms with Gasteiger partial charge in [-0.05, 0) is 51.4 Å². The maximum absolute atomic E-state index is 4.41. The second-order valence-corrected chi connectivity index (χ2v) is 5.75. The number of hydrogen-bond acceptors (Lipinski definition) is 3. The van der Waals surface area contributed by atoms with Gasteiger partial charge in [0.25, 0.3) is 0 Å². The molecule has 0 aromatic carbocycles. The highest BCUT2D eigenvalue weighted by molar-refractivity contribution is 4.99. The first kappa shape index (κ1) is 14.5. The van der Waals surface area contributed by atoms with E-state index in [9.17, 15) is 0 Å². The van der Waals surface area contributed by atoms with Gasteiger partial charge in [-0.15, -0.1) is 0 Å². The second kappa shape index (κ2) is 7.06. The highest BCUT2D eigenvalue weighted by Crippen LogP contribution is 2.20. The van der Waals surface area contributed by atoms with Crippen LogP contribution in [0.5, 0.6) is 0 Å². The Bertz CT molecular complexity index is 366. The van der Waals surface area contributed by atoms with Gasteiger partial charge in [-0.1, -0.05) is 6.92 Å². The summed E-state index contributed by atoms with van der Waals surface area (Å²) in [5.74, 6) is 0.839. The van der Waals surface area contributed by atoms with Gasteiger partial charge in [0.15, 0.2) is 0 Å². The molecule has 0 amide bonds. The summed E-state index contributed by atoms with van der Waals surface area (Å²) in [6.45, 7) is 9.38. The average molecular weight is 264 g/mol. The normalized spacial score (nSPS) is 19.7. The Morgan fingerprint density at radius 2 is 2.16 bits per heavy atom. The highest BCUT2D eigenvalue weighted by Gasteiger charge is 2.22. The number of nitrogens with one attached hydrogen (secondary N) is 1. The lowest BCUT2D eigenvalue weighted by molar-refractivity contribution is 0.169. The fourth-order valence-electron chi connectivity index (χ4n) is 2.96. The van der Waals surface area contributed by atoms with E-state index in [0.29, 0.717) is 6.04 Å². The zero-order valence-corrected chi connectivity index (χ0v) is 12.6. The van der Waals surface area contributed by atoms with Crippen LogP contribution in [0.4, 0.5) is 0 Å². The highest BCUT2D eigenvalue weighted by atomic mass is 15.2. The van der Waals surface area contributed by atoms with E-state index in [1.165, 1.54) is 38.2 Å². The molecule has 19 heavy (non-hydrogen) atoms. The SMILES string of the molecule is CCN1CCC(C(C)NCCc2ccn(C)n2)CC1. The molecule has 2 heterocycles. The van der Waals surface area contributed by atoms with Crippen LogP contribution < -0.4 is 5.32 Å². The van der Waals surface area contributed by atoms with E-state index in [1.54, 1.807) is 0 Å². The number of hydrogen-bond donors (Lipinski definition) is 1. The molecule has 1 saturated heterocycles. The summed E-state index contributed by atoms with van der Waals surface area (Å²) in [7, 11) is 1.97. The first-order valence-electron chi connectivity index (χ1n) is 7.63. The van der Waals surface area contributed by atoms with E-state index in [-0.39, 0.29) is 0 Å². The third-order valence-electron chi connectivity index (χ3n) is 4.40. The Labute approximate surface area is 117 Å². The van der Waals surface area contributed by atoms with Crippen molar-refractivity contribution in [3.63, 3.8) is 0 Å². The number of aryl methyl sites for hydroxylation is 1. The quantitative estimate of drug-likeness (QED) is 0.848. The lowest BCUT2D eigenvalue weighted by Crippen LogP contribution is -2.42. The lowest BCUT2D eigenvalue weighted by atomic mass is 9.90. The molecule has 4 heteroatoms. The Balaban J connectivity index is 1.65. The van der Waals surface area contributed by atoms with Crippen LogP contribution in [0.15, 0.2) is 12.3 Å². The number of piperidine rings is 1. The van der Waals surface area contributed by atoms with Gasteiger partial charge >= 0.3 is 0 Å². The van der Waals surface area contributed by atoms with Gasteiger partial charge in [0.2, 0.25) is 0 Å².